The summed E-state index contributed by atoms with van der Waals surface area (Å²) in [4.78, 5) is 0. The maximum absolute atomic E-state index is 5.47. The Morgan fingerprint density at radius 2 is 2.25 bits per heavy atom. The highest BCUT2D eigenvalue weighted by Crippen LogP contribution is 2.04. The molecular weight excluding hydrogens is 202 g/mol. The lowest BCUT2D eigenvalue weighted by Crippen LogP contribution is -2.19. The van der Waals surface area contributed by atoms with Crippen LogP contribution in [0.1, 0.15) is 31.5 Å². The molecule has 0 bridgehead atoms. The molecule has 0 aliphatic rings. The van der Waals surface area contributed by atoms with Gasteiger partial charge in [-0.25, -0.2) is 0 Å². The maximum Gasteiger partial charge on any atom is 0.0547 e. The minimum absolute atomic E-state index is 0.333. The molecule has 0 radical (unpaired) electrons. The molecule has 92 valence electrons. The molecule has 0 aliphatic carbocycles. The molecule has 0 unspecified atom stereocenters. The van der Waals surface area contributed by atoms with Crippen LogP contribution < -0.4 is 5.32 Å². The van der Waals surface area contributed by atoms with Gasteiger partial charge in [-0.15, -0.1) is 0 Å². The molecule has 4 nitrogen and oxygen atoms in total. The highest BCUT2D eigenvalue weighted by molar-refractivity contribution is 5.14. The van der Waals surface area contributed by atoms with Gasteiger partial charge in [0.05, 0.1) is 18.0 Å². The molecular formula is C12H23N3O. The monoisotopic (exact) mass is 225 g/mol. The molecule has 4 heteroatoms. The zero-order chi connectivity index (χ0) is 12.0. The normalized spacial score (nSPS) is 11.3. The predicted molar refractivity (Wildman–Crippen MR) is 65.4 cm³/mol. The van der Waals surface area contributed by atoms with Crippen LogP contribution in [0.25, 0.3) is 0 Å². The summed E-state index contributed by atoms with van der Waals surface area (Å²) in [5, 5.41) is 7.61. The summed E-state index contributed by atoms with van der Waals surface area (Å²) in [6.45, 7) is 8.90. The van der Waals surface area contributed by atoms with Gasteiger partial charge in [0.25, 0.3) is 0 Å². The van der Waals surface area contributed by atoms with Crippen LogP contribution >= 0.6 is 0 Å². The number of nitrogens with zero attached hydrogens (tertiary/aromatic N) is 2. The van der Waals surface area contributed by atoms with E-state index in [4.69, 9.17) is 4.74 Å². The summed E-state index contributed by atoms with van der Waals surface area (Å²) < 4.78 is 7.39. The first-order valence-electron chi connectivity index (χ1n) is 5.91. The van der Waals surface area contributed by atoms with E-state index < -0.39 is 0 Å². The van der Waals surface area contributed by atoms with Gasteiger partial charge >= 0.3 is 0 Å². The van der Waals surface area contributed by atoms with Crippen molar-refractivity contribution in [2.24, 2.45) is 7.05 Å². The van der Waals surface area contributed by atoms with Gasteiger partial charge in [-0.2, -0.15) is 5.10 Å². The molecule has 1 heterocycles. The Morgan fingerprint density at radius 1 is 1.50 bits per heavy atom. The highest BCUT2D eigenvalue weighted by Gasteiger charge is 2.02. The van der Waals surface area contributed by atoms with Crippen molar-refractivity contribution in [3.63, 3.8) is 0 Å². The fraction of sp³-hybridized carbons (Fsp3) is 0.750. The van der Waals surface area contributed by atoms with Crippen molar-refractivity contribution < 1.29 is 4.74 Å². The number of rotatable bonds is 7. The topological polar surface area (TPSA) is 39.1 Å². The number of hydrogen-bond donors (Lipinski definition) is 1. The third-order valence-corrected chi connectivity index (χ3v) is 2.51. The number of aromatic nitrogens is 2. The van der Waals surface area contributed by atoms with Crippen LogP contribution in [0.2, 0.25) is 0 Å². The second kappa shape index (κ2) is 6.66. The molecule has 1 aromatic rings. The van der Waals surface area contributed by atoms with E-state index in [9.17, 15) is 0 Å². The van der Waals surface area contributed by atoms with E-state index in [-0.39, 0.29) is 0 Å². The average molecular weight is 225 g/mol. The third kappa shape index (κ3) is 4.33. The van der Waals surface area contributed by atoms with Gasteiger partial charge in [-0.05, 0) is 39.3 Å². The first kappa shape index (κ1) is 13.2. The van der Waals surface area contributed by atoms with Crippen LogP contribution in [0.5, 0.6) is 0 Å². The van der Waals surface area contributed by atoms with Crippen molar-refractivity contribution in [2.45, 2.75) is 39.8 Å². The quantitative estimate of drug-likeness (QED) is 0.717. The molecule has 0 aromatic carbocycles. The number of hydrogen-bond acceptors (Lipinski definition) is 3. The van der Waals surface area contributed by atoms with Crippen LogP contribution in [0, 0.1) is 6.92 Å². The minimum Gasteiger partial charge on any atom is -0.379 e. The molecule has 0 atom stereocenters. The molecule has 1 aromatic heterocycles. The van der Waals surface area contributed by atoms with Gasteiger partial charge in [0, 0.05) is 20.2 Å². The first-order valence-corrected chi connectivity index (χ1v) is 5.91. The average Bonchev–Trinajstić information content (AvgIpc) is 2.53. The lowest BCUT2D eigenvalue weighted by atomic mass is 10.2. The molecule has 0 saturated carbocycles. The zero-order valence-electron chi connectivity index (χ0n) is 10.8. The van der Waals surface area contributed by atoms with E-state index in [0.717, 1.165) is 26.1 Å². The van der Waals surface area contributed by atoms with E-state index in [1.165, 1.54) is 11.3 Å². The molecule has 0 saturated heterocycles. The Balaban J connectivity index is 2.12. The van der Waals surface area contributed by atoms with Crippen molar-refractivity contribution in [3.05, 3.63) is 17.5 Å². The molecule has 0 spiro atoms. The second-order valence-electron chi connectivity index (χ2n) is 4.35. The standard InChI is InChI=1S/C12H23N3O/c1-10(2)16-7-5-6-13-9-12-11(3)8-14-15(12)4/h8,10,13H,5-7,9H2,1-4H3. The van der Waals surface area contributed by atoms with Crippen LogP contribution in [-0.4, -0.2) is 29.0 Å². The molecule has 1 N–H and O–H groups in total. The van der Waals surface area contributed by atoms with Gasteiger partial charge in [-0.1, -0.05) is 0 Å². The number of nitrogens with one attached hydrogen (secondary N) is 1. The molecule has 0 fully saturated rings. The smallest absolute Gasteiger partial charge is 0.0547 e. The summed E-state index contributed by atoms with van der Waals surface area (Å²) in [7, 11) is 1.98. The molecule has 1 rings (SSSR count). The Bertz CT molecular complexity index is 288. The van der Waals surface area contributed by atoms with Gasteiger partial charge in [-0.3, -0.25) is 4.68 Å². The number of aryl methyl sites for hydroxylation is 2. The Kier molecular flexibility index (Phi) is 5.49. The Morgan fingerprint density at radius 3 is 2.81 bits per heavy atom. The van der Waals surface area contributed by atoms with Crippen molar-refractivity contribution in [2.75, 3.05) is 13.2 Å². The Labute approximate surface area is 98.0 Å². The summed E-state index contributed by atoms with van der Waals surface area (Å²) in [6, 6.07) is 0. The van der Waals surface area contributed by atoms with Crippen LogP contribution in [-0.2, 0) is 18.3 Å². The minimum atomic E-state index is 0.333. The molecule has 16 heavy (non-hydrogen) atoms. The second-order valence-corrected chi connectivity index (χ2v) is 4.35. The zero-order valence-corrected chi connectivity index (χ0v) is 10.8. The highest BCUT2D eigenvalue weighted by atomic mass is 16.5. The fourth-order valence-electron chi connectivity index (χ4n) is 1.55. The Hall–Kier alpha value is -0.870. The first-order chi connectivity index (χ1) is 7.61. The summed E-state index contributed by atoms with van der Waals surface area (Å²) in [6.07, 6.45) is 3.29. The summed E-state index contributed by atoms with van der Waals surface area (Å²) >= 11 is 0. The molecule has 0 aliphatic heterocycles. The van der Waals surface area contributed by atoms with Crippen molar-refractivity contribution in [1.82, 2.24) is 15.1 Å². The van der Waals surface area contributed by atoms with Gasteiger partial charge < -0.3 is 10.1 Å². The number of ether oxygens (including phenoxy) is 1. The van der Waals surface area contributed by atoms with Crippen LogP contribution in [0.3, 0.4) is 0 Å². The van der Waals surface area contributed by atoms with Crippen molar-refractivity contribution >= 4 is 0 Å². The van der Waals surface area contributed by atoms with E-state index >= 15 is 0 Å². The van der Waals surface area contributed by atoms with Gasteiger partial charge in [0.2, 0.25) is 0 Å². The molecule has 0 amide bonds. The van der Waals surface area contributed by atoms with E-state index in [1.54, 1.807) is 0 Å². The van der Waals surface area contributed by atoms with Crippen molar-refractivity contribution in [3.8, 4) is 0 Å². The predicted octanol–water partition coefficient (Wildman–Crippen LogP) is 1.63. The SMILES string of the molecule is Cc1cnn(C)c1CNCCCOC(C)C. The van der Waals surface area contributed by atoms with E-state index in [0.29, 0.717) is 6.10 Å². The fourth-order valence-corrected chi connectivity index (χ4v) is 1.55. The lowest BCUT2D eigenvalue weighted by Gasteiger charge is -2.08. The summed E-state index contributed by atoms with van der Waals surface area (Å²) in [5.74, 6) is 0. The maximum atomic E-state index is 5.47. The van der Waals surface area contributed by atoms with E-state index in [2.05, 4.69) is 31.2 Å². The van der Waals surface area contributed by atoms with Crippen LogP contribution in [0.4, 0.5) is 0 Å². The lowest BCUT2D eigenvalue weighted by molar-refractivity contribution is 0.0770. The van der Waals surface area contributed by atoms with Gasteiger partial charge in [0.15, 0.2) is 0 Å². The third-order valence-electron chi connectivity index (χ3n) is 2.51. The summed E-state index contributed by atoms with van der Waals surface area (Å²) in [5.41, 5.74) is 2.50. The van der Waals surface area contributed by atoms with E-state index in [1.807, 2.05) is 17.9 Å². The largest absolute Gasteiger partial charge is 0.379 e. The van der Waals surface area contributed by atoms with Gasteiger partial charge in [0.1, 0.15) is 0 Å². The van der Waals surface area contributed by atoms with Crippen LogP contribution in [0.15, 0.2) is 6.20 Å². The van der Waals surface area contributed by atoms with Crippen molar-refractivity contribution in [1.29, 1.82) is 0 Å².